The lowest BCUT2D eigenvalue weighted by molar-refractivity contribution is 0.204. The first-order valence-corrected chi connectivity index (χ1v) is 14.6. The quantitative estimate of drug-likeness (QED) is 0.404. The lowest BCUT2D eigenvalue weighted by Crippen LogP contribution is -2.48. The summed E-state index contributed by atoms with van der Waals surface area (Å²) in [6.45, 7) is 6.12. The van der Waals surface area contributed by atoms with Crippen molar-refractivity contribution in [3.8, 4) is 0 Å². The molecule has 11 heteroatoms. The first-order valence-electron chi connectivity index (χ1n) is 12.7. The van der Waals surface area contributed by atoms with E-state index in [9.17, 15) is 13.5 Å². The number of fused-ring (bicyclic) bond motifs is 3. The van der Waals surface area contributed by atoms with Crippen molar-refractivity contribution < 1.29 is 13.5 Å². The van der Waals surface area contributed by atoms with Crippen LogP contribution in [-0.4, -0.2) is 101 Å². The first kappa shape index (κ1) is 25.8. The molecule has 5 rings (SSSR count). The van der Waals surface area contributed by atoms with Gasteiger partial charge in [0.2, 0.25) is 10.0 Å². The van der Waals surface area contributed by atoms with E-state index in [4.69, 9.17) is 0 Å². The van der Waals surface area contributed by atoms with Crippen LogP contribution < -0.4 is 5.32 Å². The fourth-order valence-electron chi connectivity index (χ4n) is 5.17. The van der Waals surface area contributed by atoms with E-state index in [1.807, 2.05) is 34.8 Å². The number of hydrogen-bond acceptors (Lipinski definition) is 8. The van der Waals surface area contributed by atoms with Gasteiger partial charge in [0.1, 0.15) is 11.8 Å². The molecule has 198 valence electrons. The minimum absolute atomic E-state index is 0.0312. The molecule has 0 aliphatic carbocycles. The number of nitrogens with one attached hydrogen (secondary N) is 1. The van der Waals surface area contributed by atoms with Crippen molar-refractivity contribution in [3.63, 3.8) is 0 Å². The average molecular weight is 526 g/mol. The largest absolute Gasteiger partial charge is 0.394 e. The van der Waals surface area contributed by atoms with Crippen LogP contribution in [0.4, 0.5) is 5.82 Å². The lowest BCUT2D eigenvalue weighted by Gasteiger charge is -2.32. The van der Waals surface area contributed by atoms with Crippen LogP contribution in [0.2, 0.25) is 0 Å². The van der Waals surface area contributed by atoms with Gasteiger partial charge in [-0.1, -0.05) is 42.5 Å². The highest BCUT2D eigenvalue weighted by atomic mass is 32.2. The minimum Gasteiger partial charge on any atom is -0.394 e. The summed E-state index contributed by atoms with van der Waals surface area (Å²) in [6.07, 6.45) is 10.2. The summed E-state index contributed by atoms with van der Waals surface area (Å²) < 4.78 is 26.8. The molecular formula is C26H35N7O3S. The van der Waals surface area contributed by atoms with Gasteiger partial charge in [-0.15, -0.1) is 0 Å². The van der Waals surface area contributed by atoms with Crippen LogP contribution in [0.25, 0.3) is 5.52 Å². The highest BCUT2D eigenvalue weighted by molar-refractivity contribution is 7.88. The fraction of sp³-hybridized carbons (Fsp3) is 0.462. The molecule has 1 unspecified atom stereocenters. The third-order valence-corrected chi connectivity index (χ3v) is 8.53. The van der Waals surface area contributed by atoms with Gasteiger partial charge >= 0.3 is 0 Å². The maximum Gasteiger partial charge on any atom is 0.211 e. The van der Waals surface area contributed by atoms with Crippen molar-refractivity contribution in [3.05, 3.63) is 71.7 Å². The maximum absolute atomic E-state index is 11.7. The second kappa shape index (κ2) is 11.3. The number of piperazine rings is 1. The van der Waals surface area contributed by atoms with E-state index in [-0.39, 0.29) is 12.6 Å². The van der Waals surface area contributed by atoms with Gasteiger partial charge in [0, 0.05) is 58.6 Å². The molecule has 4 heterocycles. The van der Waals surface area contributed by atoms with E-state index < -0.39 is 10.0 Å². The molecule has 0 radical (unpaired) electrons. The van der Waals surface area contributed by atoms with E-state index in [1.54, 1.807) is 10.6 Å². The minimum atomic E-state index is -3.09. The lowest BCUT2D eigenvalue weighted by atomic mass is 10.0. The summed E-state index contributed by atoms with van der Waals surface area (Å²) in [5.74, 6) is 0.739. The van der Waals surface area contributed by atoms with Crippen LogP contribution in [0.1, 0.15) is 22.7 Å². The molecule has 0 spiro atoms. The van der Waals surface area contributed by atoms with Gasteiger partial charge in [0.25, 0.3) is 0 Å². The van der Waals surface area contributed by atoms with Gasteiger partial charge in [-0.05, 0) is 23.1 Å². The zero-order chi connectivity index (χ0) is 25.8. The summed E-state index contributed by atoms with van der Waals surface area (Å²) >= 11 is 0. The van der Waals surface area contributed by atoms with E-state index in [0.29, 0.717) is 13.1 Å². The summed E-state index contributed by atoms with van der Waals surface area (Å²) in [4.78, 5) is 9.23. The molecule has 1 fully saturated rings. The normalized spacial score (nSPS) is 18.9. The molecular weight excluding hydrogens is 490 g/mol. The molecule has 10 nitrogen and oxygen atoms in total. The molecule has 1 saturated heterocycles. The number of aliphatic hydroxyl groups excluding tert-OH is 1. The van der Waals surface area contributed by atoms with Gasteiger partial charge in [-0.3, -0.25) is 9.80 Å². The Balaban J connectivity index is 1.20. The molecule has 1 aromatic carbocycles. The van der Waals surface area contributed by atoms with Gasteiger partial charge < -0.3 is 10.4 Å². The van der Waals surface area contributed by atoms with Crippen LogP contribution >= 0.6 is 0 Å². The zero-order valence-corrected chi connectivity index (χ0v) is 22.0. The molecule has 3 aromatic rings. The zero-order valence-electron chi connectivity index (χ0n) is 21.2. The number of hydrogen-bond donors (Lipinski definition) is 2. The van der Waals surface area contributed by atoms with Crippen LogP contribution in [0.15, 0.2) is 55.0 Å². The molecule has 0 amide bonds. The Bertz CT molecular complexity index is 1330. The Morgan fingerprint density at radius 1 is 1.05 bits per heavy atom. The molecule has 2 aliphatic heterocycles. The van der Waals surface area contributed by atoms with Crippen molar-refractivity contribution in [2.75, 3.05) is 64.0 Å². The molecule has 2 N–H and O–H groups in total. The van der Waals surface area contributed by atoms with Crippen molar-refractivity contribution >= 4 is 21.4 Å². The van der Waals surface area contributed by atoms with Gasteiger partial charge in [0.05, 0.1) is 18.9 Å². The van der Waals surface area contributed by atoms with Gasteiger partial charge in [-0.25, -0.2) is 17.9 Å². The summed E-state index contributed by atoms with van der Waals surface area (Å²) in [5.41, 5.74) is 4.50. The van der Waals surface area contributed by atoms with Crippen LogP contribution in [0, 0.1) is 0 Å². The van der Waals surface area contributed by atoms with Gasteiger partial charge in [-0.2, -0.15) is 9.40 Å². The Morgan fingerprint density at radius 3 is 2.49 bits per heavy atom. The fourth-order valence-corrected chi connectivity index (χ4v) is 5.99. The van der Waals surface area contributed by atoms with E-state index >= 15 is 0 Å². The Morgan fingerprint density at radius 2 is 1.78 bits per heavy atom. The summed E-state index contributed by atoms with van der Waals surface area (Å²) in [6, 6.07) is 9.66. The Labute approximate surface area is 218 Å². The predicted molar refractivity (Wildman–Crippen MR) is 144 cm³/mol. The molecule has 2 aromatic heterocycles. The maximum atomic E-state index is 11.7. The second-order valence-electron chi connectivity index (χ2n) is 9.74. The number of aliphatic hydroxyl groups is 1. The van der Waals surface area contributed by atoms with Crippen LogP contribution in [0.3, 0.4) is 0 Å². The molecule has 1 atom stereocenters. The Hall–Kier alpha value is -2.83. The monoisotopic (exact) mass is 525 g/mol. The highest BCUT2D eigenvalue weighted by Crippen LogP contribution is 2.30. The van der Waals surface area contributed by atoms with Crippen LogP contribution in [0.5, 0.6) is 0 Å². The van der Waals surface area contributed by atoms with Crippen molar-refractivity contribution in [2.24, 2.45) is 0 Å². The molecule has 37 heavy (non-hydrogen) atoms. The van der Waals surface area contributed by atoms with Crippen LogP contribution in [-0.2, 0) is 23.0 Å². The number of rotatable bonds is 9. The third-order valence-electron chi connectivity index (χ3n) is 7.23. The van der Waals surface area contributed by atoms with Crippen molar-refractivity contribution in [1.82, 2.24) is 28.7 Å². The van der Waals surface area contributed by atoms with E-state index in [0.717, 1.165) is 62.6 Å². The number of sulfonamides is 1. The summed E-state index contributed by atoms with van der Waals surface area (Å²) in [7, 11) is -3.09. The van der Waals surface area contributed by atoms with E-state index in [2.05, 4.69) is 43.5 Å². The average Bonchev–Trinajstić information content (AvgIpc) is 3.28. The smallest absolute Gasteiger partial charge is 0.211 e. The predicted octanol–water partition coefficient (Wildman–Crippen LogP) is 1.37. The topological polar surface area (TPSA) is 106 Å². The highest BCUT2D eigenvalue weighted by Gasteiger charge is 2.24. The second-order valence-corrected chi connectivity index (χ2v) is 11.7. The number of benzene rings is 1. The molecule has 0 saturated carbocycles. The van der Waals surface area contributed by atoms with Crippen molar-refractivity contribution in [2.45, 2.75) is 19.0 Å². The number of anilines is 1. The first-order chi connectivity index (χ1) is 17.9. The van der Waals surface area contributed by atoms with E-state index in [1.165, 1.54) is 17.4 Å². The SMILES string of the molecule is CS(=O)(=O)N1CCN(CC=CCN2CCc3c(cn4ncnc(NC(CO)c5ccccc5)c34)C2)CC1. The number of nitrogens with zero attached hydrogens (tertiary/aromatic N) is 6. The third kappa shape index (κ3) is 6.02. The molecule has 2 aliphatic rings. The van der Waals surface area contributed by atoms with Crippen molar-refractivity contribution in [1.29, 1.82) is 0 Å². The van der Waals surface area contributed by atoms with Gasteiger partial charge in [0.15, 0.2) is 5.82 Å². The Kier molecular flexibility index (Phi) is 7.87. The standard InChI is InChI=1S/C26H35N7O3S/c1-37(35,36)32-15-13-30(14-16-32)10-5-6-11-31-12-9-23-22(17-31)18-33-25(23)26(27-20-28-33)29-24(19-34)21-7-3-2-4-8-21/h2-8,18,20,24,34H,9-17,19H2,1H3,(H,27,28,29). The number of aromatic nitrogens is 3. The summed E-state index contributed by atoms with van der Waals surface area (Å²) in [5, 5.41) is 17.9. The molecule has 0 bridgehead atoms.